The Morgan fingerprint density at radius 2 is 1.67 bits per heavy atom. The minimum absolute atomic E-state index is 0.0559. The van der Waals surface area contributed by atoms with Gasteiger partial charge in [-0.3, -0.25) is 9.69 Å². The Balaban J connectivity index is 1.41. The van der Waals surface area contributed by atoms with Gasteiger partial charge in [-0.2, -0.15) is 0 Å². The molecule has 7 rings (SSSR count). The Morgan fingerprint density at radius 1 is 0.933 bits per heavy atom. The molecule has 1 amide bonds. The summed E-state index contributed by atoms with van der Waals surface area (Å²) in [7, 11) is 1.65. The third kappa shape index (κ3) is 4.59. The molecule has 0 spiro atoms. The van der Waals surface area contributed by atoms with Gasteiger partial charge in [0, 0.05) is 54.3 Å². The van der Waals surface area contributed by atoms with Crippen molar-refractivity contribution in [2.45, 2.75) is 40.7 Å². The fourth-order valence-corrected chi connectivity index (χ4v) is 6.79. The van der Waals surface area contributed by atoms with Crippen molar-refractivity contribution in [2.24, 2.45) is 0 Å². The number of aromatic nitrogens is 4. The molecule has 0 radical (unpaired) electrons. The third-order valence-electron chi connectivity index (χ3n) is 9.12. The lowest BCUT2D eigenvalue weighted by Crippen LogP contribution is -2.50. The molecule has 3 aromatic carbocycles. The highest BCUT2D eigenvalue weighted by molar-refractivity contribution is 6.18. The zero-order valence-electron chi connectivity index (χ0n) is 26.5. The number of hydrogen-bond donors (Lipinski definition) is 1. The van der Waals surface area contributed by atoms with Gasteiger partial charge in [0.05, 0.1) is 35.0 Å². The number of rotatable bonds is 5. The summed E-state index contributed by atoms with van der Waals surface area (Å²) in [5, 5.41) is 7.66. The highest BCUT2D eigenvalue weighted by atomic mass is 16.5. The molecular weight excluding hydrogens is 566 g/mol. The predicted octanol–water partition coefficient (Wildman–Crippen LogP) is 5.87. The lowest BCUT2D eigenvalue weighted by molar-refractivity contribution is 0.0597. The molecule has 1 aliphatic heterocycles. The average molecular weight is 604 g/mol. The molecule has 0 saturated carbocycles. The highest BCUT2D eigenvalue weighted by Gasteiger charge is 2.27. The van der Waals surface area contributed by atoms with Crippen LogP contribution in [-0.4, -0.2) is 74.8 Å². The maximum absolute atomic E-state index is 13.9. The SMILES string of the molecule is COc1cc2c3c(-c4ccc(C(=O)N5CCN(C(C)C)CC5)c5ccccc45)nc(C)nc3n(N)c2cc1-c1c(C)noc1C. The van der Waals surface area contributed by atoms with Crippen LogP contribution < -0.4 is 10.6 Å². The molecule has 230 valence electrons. The lowest BCUT2D eigenvalue weighted by Gasteiger charge is -2.37. The summed E-state index contributed by atoms with van der Waals surface area (Å²) in [5.74, 6) is 8.78. The number of nitrogen functional groups attached to an aromatic ring is 1. The summed E-state index contributed by atoms with van der Waals surface area (Å²) in [6.45, 7) is 13.2. The summed E-state index contributed by atoms with van der Waals surface area (Å²) in [5.41, 5.74) is 6.22. The van der Waals surface area contributed by atoms with E-state index in [0.29, 0.717) is 47.7 Å². The molecular formula is C35H37N7O3. The maximum atomic E-state index is 13.9. The summed E-state index contributed by atoms with van der Waals surface area (Å²) >= 11 is 0. The van der Waals surface area contributed by atoms with Crippen LogP contribution in [0.1, 0.15) is 41.5 Å². The van der Waals surface area contributed by atoms with Gasteiger partial charge in [-0.15, -0.1) is 0 Å². The van der Waals surface area contributed by atoms with Crippen molar-refractivity contribution in [3.63, 3.8) is 0 Å². The number of methoxy groups -OCH3 is 1. The fraction of sp³-hybridized carbons (Fsp3) is 0.314. The number of benzene rings is 3. The third-order valence-corrected chi connectivity index (χ3v) is 9.12. The summed E-state index contributed by atoms with van der Waals surface area (Å²) in [6.07, 6.45) is 0. The van der Waals surface area contributed by atoms with Crippen molar-refractivity contribution in [1.82, 2.24) is 29.6 Å². The van der Waals surface area contributed by atoms with E-state index in [2.05, 4.69) is 30.0 Å². The largest absolute Gasteiger partial charge is 0.496 e. The fourth-order valence-electron chi connectivity index (χ4n) is 6.79. The quantitative estimate of drug-likeness (QED) is 0.243. The van der Waals surface area contributed by atoms with Crippen LogP contribution in [0, 0.1) is 20.8 Å². The van der Waals surface area contributed by atoms with Gasteiger partial charge < -0.3 is 20.0 Å². The van der Waals surface area contributed by atoms with Gasteiger partial charge in [0.1, 0.15) is 17.3 Å². The maximum Gasteiger partial charge on any atom is 0.254 e. The first-order valence-electron chi connectivity index (χ1n) is 15.3. The van der Waals surface area contributed by atoms with Crippen LogP contribution >= 0.6 is 0 Å². The normalized spacial score (nSPS) is 14.3. The second kappa shape index (κ2) is 10.9. The minimum atomic E-state index is 0.0559. The van der Waals surface area contributed by atoms with Gasteiger partial charge in [-0.25, -0.2) is 14.6 Å². The van der Waals surface area contributed by atoms with E-state index in [9.17, 15) is 4.79 Å². The number of hydrogen-bond acceptors (Lipinski definition) is 8. The van der Waals surface area contributed by atoms with E-state index in [0.717, 1.165) is 68.2 Å². The minimum Gasteiger partial charge on any atom is -0.496 e. The molecule has 1 aliphatic rings. The van der Waals surface area contributed by atoms with Gasteiger partial charge in [0.2, 0.25) is 0 Å². The van der Waals surface area contributed by atoms with Crippen molar-refractivity contribution in [2.75, 3.05) is 39.1 Å². The molecule has 10 nitrogen and oxygen atoms in total. The molecule has 0 aliphatic carbocycles. The number of nitrogens with zero attached hydrogens (tertiary/aromatic N) is 6. The van der Waals surface area contributed by atoms with Crippen molar-refractivity contribution in [3.8, 4) is 28.1 Å². The van der Waals surface area contributed by atoms with Crippen LogP contribution in [0.3, 0.4) is 0 Å². The number of nitrogens with two attached hydrogens (primary N) is 1. The van der Waals surface area contributed by atoms with Crippen LogP contribution in [0.2, 0.25) is 0 Å². The van der Waals surface area contributed by atoms with Crippen LogP contribution in [0.15, 0.2) is 53.1 Å². The predicted molar refractivity (Wildman–Crippen MR) is 177 cm³/mol. The topological polar surface area (TPSA) is 116 Å². The standard InChI is InChI=1S/C35H37N7O3/c1-19(2)40-13-15-41(16-14-40)35(43)26-12-11-25(23-9-7-8-10-24(23)26)33-32-27-18-30(44-6)28(31-20(3)39-45-21(31)4)17-29(27)42(36)34(32)38-22(5)37-33/h7-12,17-19H,13-16,36H2,1-6H3. The van der Waals surface area contributed by atoms with E-state index < -0.39 is 0 Å². The van der Waals surface area contributed by atoms with Gasteiger partial charge >= 0.3 is 0 Å². The monoisotopic (exact) mass is 603 g/mol. The molecule has 6 aromatic rings. The molecule has 10 heteroatoms. The zero-order chi connectivity index (χ0) is 31.6. The van der Waals surface area contributed by atoms with E-state index >= 15 is 0 Å². The molecule has 45 heavy (non-hydrogen) atoms. The molecule has 0 atom stereocenters. The van der Waals surface area contributed by atoms with Crippen molar-refractivity contribution in [1.29, 1.82) is 0 Å². The van der Waals surface area contributed by atoms with Gasteiger partial charge in [0.15, 0.2) is 5.65 Å². The van der Waals surface area contributed by atoms with Crippen LogP contribution in [0.5, 0.6) is 5.75 Å². The molecule has 2 N–H and O–H groups in total. The number of carbonyl (C=O) groups excluding carboxylic acids is 1. The van der Waals surface area contributed by atoms with Crippen molar-refractivity contribution in [3.05, 3.63) is 71.4 Å². The van der Waals surface area contributed by atoms with Crippen LogP contribution in [-0.2, 0) is 0 Å². The Labute approximate surface area is 261 Å². The van der Waals surface area contributed by atoms with Gasteiger partial charge in [-0.05, 0) is 63.6 Å². The number of amides is 1. The molecule has 4 heterocycles. The Morgan fingerprint density at radius 3 is 2.33 bits per heavy atom. The summed E-state index contributed by atoms with van der Waals surface area (Å²) < 4.78 is 13.0. The van der Waals surface area contributed by atoms with Crippen LogP contribution in [0.25, 0.3) is 55.1 Å². The number of piperazine rings is 1. The molecule has 1 saturated heterocycles. The van der Waals surface area contributed by atoms with E-state index in [1.54, 1.807) is 11.8 Å². The van der Waals surface area contributed by atoms with E-state index in [1.807, 2.05) is 68.1 Å². The van der Waals surface area contributed by atoms with Crippen molar-refractivity contribution >= 4 is 38.6 Å². The average Bonchev–Trinajstić information content (AvgIpc) is 3.52. The van der Waals surface area contributed by atoms with Crippen molar-refractivity contribution < 1.29 is 14.1 Å². The number of aryl methyl sites for hydroxylation is 3. The molecule has 0 bridgehead atoms. The smallest absolute Gasteiger partial charge is 0.254 e. The number of fused-ring (bicyclic) bond motifs is 4. The van der Waals surface area contributed by atoms with E-state index in [4.69, 9.17) is 25.1 Å². The Bertz CT molecular complexity index is 2100. The first-order valence-corrected chi connectivity index (χ1v) is 15.3. The lowest BCUT2D eigenvalue weighted by atomic mass is 9.94. The van der Waals surface area contributed by atoms with Gasteiger partial charge in [-0.1, -0.05) is 35.5 Å². The highest BCUT2D eigenvalue weighted by Crippen LogP contribution is 2.43. The Hall–Kier alpha value is -4.96. The van der Waals surface area contributed by atoms with Crippen LogP contribution in [0.4, 0.5) is 0 Å². The van der Waals surface area contributed by atoms with E-state index in [1.165, 1.54) is 0 Å². The second-order valence-corrected chi connectivity index (χ2v) is 12.1. The first-order chi connectivity index (χ1) is 21.7. The molecule has 0 unspecified atom stereocenters. The summed E-state index contributed by atoms with van der Waals surface area (Å²) in [4.78, 5) is 28.0. The zero-order valence-corrected chi connectivity index (χ0v) is 26.5. The Kier molecular flexibility index (Phi) is 6.96. The molecule has 3 aromatic heterocycles. The number of ether oxygens (including phenoxy) is 1. The van der Waals surface area contributed by atoms with Gasteiger partial charge in [0.25, 0.3) is 5.91 Å². The van der Waals surface area contributed by atoms with E-state index in [-0.39, 0.29) is 5.91 Å². The second-order valence-electron chi connectivity index (χ2n) is 12.1. The number of carbonyl (C=O) groups is 1. The summed E-state index contributed by atoms with van der Waals surface area (Å²) in [6, 6.07) is 16.5. The molecule has 1 fully saturated rings. The first kappa shape index (κ1) is 28.8.